The van der Waals surface area contributed by atoms with Crippen molar-refractivity contribution in [3.8, 4) is 0 Å². The molecule has 0 aromatic rings. The summed E-state index contributed by atoms with van der Waals surface area (Å²) in [6, 6.07) is 0. The van der Waals surface area contributed by atoms with E-state index in [0.29, 0.717) is 12.2 Å². The van der Waals surface area contributed by atoms with Crippen LogP contribution in [0.25, 0.3) is 0 Å². The molecule has 6 heteroatoms. The van der Waals surface area contributed by atoms with Crippen molar-refractivity contribution in [3.05, 3.63) is 12.2 Å². The number of hydrogen-bond donors (Lipinski definition) is 4. The fourth-order valence-corrected chi connectivity index (χ4v) is 0.694. The summed E-state index contributed by atoms with van der Waals surface area (Å²) >= 11 is 0. The van der Waals surface area contributed by atoms with Gasteiger partial charge in [-0.2, -0.15) is 0 Å². The normalized spacial score (nSPS) is 11.7. The quantitative estimate of drug-likeness (QED) is 0.386. The van der Waals surface area contributed by atoms with Crippen molar-refractivity contribution in [2.24, 2.45) is 0 Å². The summed E-state index contributed by atoms with van der Waals surface area (Å²) in [7, 11) is 0. The van der Waals surface area contributed by atoms with Gasteiger partial charge in [0.05, 0.1) is 6.10 Å². The smallest absolute Gasteiger partial charge is 0.328 e. The van der Waals surface area contributed by atoms with Crippen molar-refractivity contribution >= 4 is 11.9 Å². The van der Waals surface area contributed by atoms with Crippen molar-refractivity contribution in [1.29, 1.82) is 0 Å². The summed E-state index contributed by atoms with van der Waals surface area (Å²) in [6.07, 6.45) is 3.45. The van der Waals surface area contributed by atoms with Gasteiger partial charge < -0.3 is 20.4 Å². The topological polar surface area (TPSA) is 115 Å². The first-order chi connectivity index (χ1) is 7.40. The average molecular weight is 234 g/mol. The van der Waals surface area contributed by atoms with Crippen LogP contribution in [0.2, 0.25) is 0 Å². The number of carboxylic acids is 2. The lowest BCUT2D eigenvalue weighted by atomic mass is 10.2. The van der Waals surface area contributed by atoms with E-state index in [9.17, 15) is 9.59 Å². The molecule has 0 spiro atoms. The zero-order valence-corrected chi connectivity index (χ0v) is 9.17. The molecule has 0 heterocycles. The number of hydrogen-bond acceptors (Lipinski definition) is 4. The molecule has 0 aliphatic heterocycles. The molecule has 0 radical (unpaired) electrons. The Hall–Kier alpha value is -1.40. The minimum absolute atomic E-state index is 0.207. The summed E-state index contributed by atoms with van der Waals surface area (Å²) in [4.78, 5) is 19.1. The Bertz CT molecular complexity index is 205. The van der Waals surface area contributed by atoms with Crippen molar-refractivity contribution in [1.82, 2.24) is 0 Å². The molecular weight excluding hydrogens is 216 g/mol. The maximum atomic E-state index is 9.55. The van der Waals surface area contributed by atoms with E-state index in [0.717, 1.165) is 19.3 Å². The van der Waals surface area contributed by atoms with Crippen molar-refractivity contribution in [2.45, 2.75) is 32.3 Å². The summed E-state index contributed by atoms with van der Waals surface area (Å²) in [6.45, 7) is 2.00. The standard InChI is InChI=1S/C6H14O2.C4H4O4/c1-6(8)4-2-3-5-7;5-3(6)1-2-4(7)8/h6-8H,2-5H2,1H3;1-2H,(H,5,6)(H,7,8)/b;2-1-. The molecule has 0 fully saturated rings. The molecule has 0 rings (SSSR count). The van der Waals surface area contributed by atoms with Crippen molar-refractivity contribution < 1.29 is 30.0 Å². The molecule has 0 aliphatic carbocycles. The van der Waals surface area contributed by atoms with E-state index in [2.05, 4.69) is 0 Å². The molecule has 0 amide bonds. The third kappa shape index (κ3) is 22.9. The second-order valence-corrected chi connectivity index (χ2v) is 3.08. The first kappa shape index (κ1) is 17.0. The van der Waals surface area contributed by atoms with Crippen LogP contribution in [-0.4, -0.2) is 45.1 Å². The Morgan fingerprint density at radius 1 is 1.12 bits per heavy atom. The number of unbranched alkanes of at least 4 members (excludes halogenated alkanes) is 1. The van der Waals surface area contributed by atoms with Gasteiger partial charge in [-0.3, -0.25) is 0 Å². The molecular formula is C10H18O6. The number of carboxylic acid groups (broad SMARTS) is 2. The van der Waals surface area contributed by atoms with Crippen molar-refractivity contribution in [2.75, 3.05) is 6.61 Å². The van der Waals surface area contributed by atoms with Crippen LogP contribution < -0.4 is 0 Å². The lowest BCUT2D eigenvalue weighted by Crippen LogP contribution is -1.98. The third-order valence-corrected chi connectivity index (χ3v) is 1.40. The van der Waals surface area contributed by atoms with Crippen LogP contribution in [0.3, 0.4) is 0 Å². The molecule has 16 heavy (non-hydrogen) atoms. The van der Waals surface area contributed by atoms with Crippen LogP contribution in [0, 0.1) is 0 Å². The number of rotatable bonds is 6. The largest absolute Gasteiger partial charge is 0.478 e. The molecule has 1 atom stereocenters. The molecule has 0 saturated carbocycles. The number of aliphatic carboxylic acids is 2. The van der Waals surface area contributed by atoms with E-state index < -0.39 is 11.9 Å². The van der Waals surface area contributed by atoms with Gasteiger partial charge in [0.1, 0.15) is 0 Å². The molecule has 0 aliphatic rings. The van der Waals surface area contributed by atoms with Gasteiger partial charge in [0.2, 0.25) is 0 Å². The van der Waals surface area contributed by atoms with Crippen molar-refractivity contribution in [3.63, 3.8) is 0 Å². The maximum absolute atomic E-state index is 9.55. The highest BCUT2D eigenvalue weighted by atomic mass is 16.4. The molecule has 4 N–H and O–H groups in total. The Kier molecular flexibility index (Phi) is 12.4. The molecule has 0 saturated heterocycles. The Balaban J connectivity index is 0. The van der Waals surface area contributed by atoms with Crippen LogP contribution in [0.1, 0.15) is 26.2 Å². The van der Waals surface area contributed by atoms with Gasteiger partial charge in [0.15, 0.2) is 0 Å². The predicted molar refractivity (Wildman–Crippen MR) is 57.0 cm³/mol. The monoisotopic (exact) mass is 234 g/mol. The summed E-state index contributed by atoms with van der Waals surface area (Å²) < 4.78 is 0. The lowest BCUT2D eigenvalue weighted by Gasteiger charge is -1.99. The van der Waals surface area contributed by atoms with Gasteiger partial charge in [-0.1, -0.05) is 0 Å². The first-order valence-corrected chi connectivity index (χ1v) is 4.83. The molecule has 0 aromatic carbocycles. The summed E-state index contributed by atoms with van der Waals surface area (Å²) in [5.41, 5.74) is 0. The molecule has 1 unspecified atom stereocenters. The highest BCUT2D eigenvalue weighted by Gasteiger charge is 1.92. The van der Waals surface area contributed by atoms with Crippen LogP contribution in [0.5, 0.6) is 0 Å². The molecule has 0 aromatic heterocycles. The van der Waals surface area contributed by atoms with E-state index >= 15 is 0 Å². The minimum atomic E-state index is -1.26. The zero-order chi connectivity index (χ0) is 13.0. The minimum Gasteiger partial charge on any atom is -0.478 e. The fraction of sp³-hybridized carbons (Fsp3) is 0.600. The zero-order valence-electron chi connectivity index (χ0n) is 9.17. The lowest BCUT2D eigenvalue weighted by molar-refractivity contribution is -0.134. The average Bonchev–Trinajstić information content (AvgIpc) is 2.16. The Morgan fingerprint density at radius 2 is 1.56 bits per heavy atom. The van der Waals surface area contributed by atoms with Crippen LogP contribution in [-0.2, 0) is 9.59 Å². The number of carbonyl (C=O) groups is 2. The molecule has 0 bridgehead atoms. The molecule has 6 nitrogen and oxygen atoms in total. The summed E-state index contributed by atoms with van der Waals surface area (Å²) in [5, 5.41) is 32.6. The van der Waals surface area contributed by atoms with E-state index in [1.54, 1.807) is 6.92 Å². The number of aliphatic hydroxyl groups is 2. The van der Waals surface area contributed by atoms with Gasteiger partial charge in [-0.15, -0.1) is 0 Å². The highest BCUT2D eigenvalue weighted by molar-refractivity contribution is 5.89. The number of aliphatic hydroxyl groups excluding tert-OH is 2. The van der Waals surface area contributed by atoms with Crippen LogP contribution >= 0.6 is 0 Å². The second-order valence-electron chi connectivity index (χ2n) is 3.08. The predicted octanol–water partition coefficient (Wildman–Crippen LogP) is 0.242. The van der Waals surface area contributed by atoms with Crippen LogP contribution in [0.4, 0.5) is 0 Å². The molecule has 94 valence electrons. The Morgan fingerprint density at radius 3 is 1.81 bits per heavy atom. The highest BCUT2D eigenvalue weighted by Crippen LogP contribution is 1.97. The Labute approximate surface area is 93.8 Å². The van der Waals surface area contributed by atoms with E-state index in [1.807, 2.05) is 0 Å². The maximum Gasteiger partial charge on any atom is 0.328 e. The van der Waals surface area contributed by atoms with Gasteiger partial charge in [-0.05, 0) is 26.2 Å². The first-order valence-electron chi connectivity index (χ1n) is 4.83. The van der Waals surface area contributed by atoms with E-state index in [4.69, 9.17) is 20.4 Å². The van der Waals surface area contributed by atoms with E-state index in [-0.39, 0.29) is 12.7 Å². The van der Waals surface area contributed by atoms with E-state index in [1.165, 1.54) is 0 Å². The van der Waals surface area contributed by atoms with Crippen LogP contribution in [0.15, 0.2) is 12.2 Å². The fourth-order valence-electron chi connectivity index (χ4n) is 0.694. The van der Waals surface area contributed by atoms with Gasteiger partial charge in [-0.25, -0.2) is 9.59 Å². The van der Waals surface area contributed by atoms with Gasteiger partial charge >= 0.3 is 11.9 Å². The second kappa shape index (κ2) is 11.7. The SMILES string of the molecule is CC(O)CCCCO.O=C(O)/C=C\C(=O)O. The third-order valence-electron chi connectivity index (χ3n) is 1.40. The van der Waals surface area contributed by atoms with Gasteiger partial charge in [0, 0.05) is 18.8 Å². The summed E-state index contributed by atoms with van der Waals surface area (Å²) in [5.74, 6) is -2.51. The van der Waals surface area contributed by atoms with Gasteiger partial charge in [0.25, 0.3) is 0 Å².